The minimum Gasteiger partial charge on any atom is -0.341 e. The average molecular weight is 284 g/mol. The van der Waals surface area contributed by atoms with Crippen LogP contribution in [-0.2, 0) is 11.8 Å². The fraction of sp³-hybridized carbons (Fsp3) is 0.375. The number of hydrogen-bond donors (Lipinski definition) is 2. The van der Waals surface area contributed by atoms with Gasteiger partial charge in [0.1, 0.15) is 11.9 Å². The number of imidazole rings is 1. The summed E-state index contributed by atoms with van der Waals surface area (Å²) >= 11 is 0. The number of aryl methyl sites for hydroxylation is 1. The molecule has 0 saturated carbocycles. The summed E-state index contributed by atoms with van der Waals surface area (Å²) in [7, 11) is 1.94. The van der Waals surface area contributed by atoms with Gasteiger partial charge < -0.3 is 15.2 Å². The summed E-state index contributed by atoms with van der Waals surface area (Å²) in [4.78, 5) is 16.8. The number of nitrogens with one attached hydrogen (secondary N) is 2. The molecule has 1 aromatic carbocycles. The number of rotatable bonds is 4. The molecule has 2 atom stereocenters. The largest absolute Gasteiger partial charge is 0.341 e. The molecule has 0 spiro atoms. The Labute approximate surface area is 124 Å². The molecule has 0 bridgehead atoms. The van der Waals surface area contributed by atoms with Crippen molar-refractivity contribution in [2.24, 2.45) is 7.05 Å². The molecule has 1 fully saturated rings. The molecule has 2 aromatic rings. The Morgan fingerprint density at radius 2 is 2.24 bits per heavy atom. The average Bonchev–Trinajstić information content (AvgIpc) is 3.17. The molecule has 2 unspecified atom stereocenters. The second kappa shape index (κ2) is 6.10. The van der Waals surface area contributed by atoms with E-state index in [2.05, 4.69) is 15.6 Å². The van der Waals surface area contributed by atoms with Crippen molar-refractivity contribution in [3.63, 3.8) is 0 Å². The third kappa shape index (κ3) is 2.97. The normalized spacial score (nSPS) is 19.4. The number of hydrogen-bond acceptors (Lipinski definition) is 3. The van der Waals surface area contributed by atoms with E-state index in [1.807, 2.05) is 48.1 Å². The molecule has 0 aliphatic carbocycles. The summed E-state index contributed by atoms with van der Waals surface area (Å²) in [5.41, 5.74) is 1.04. The van der Waals surface area contributed by atoms with Crippen LogP contribution in [0.4, 0.5) is 0 Å². The molecule has 2 heterocycles. The Morgan fingerprint density at radius 1 is 1.43 bits per heavy atom. The first-order valence-electron chi connectivity index (χ1n) is 7.31. The summed E-state index contributed by atoms with van der Waals surface area (Å²) in [6.45, 7) is 0.913. The van der Waals surface area contributed by atoms with Crippen LogP contribution in [0.2, 0.25) is 0 Å². The number of carbonyl (C=O) groups excluding carboxylic acids is 1. The van der Waals surface area contributed by atoms with Crippen LogP contribution >= 0.6 is 0 Å². The first-order valence-corrected chi connectivity index (χ1v) is 7.31. The summed E-state index contributed by atoms with van der Waals surface area (Å²) in [5.74, 6) is 0.886. The molecule has 1 saturated heterocycles. The van der Waals surface area contributed by atoms with Crippen molar-refractivity contribution < 1.29 is 4.79 Å². The lowest BCUT2D eigenvalue weighted by atomic mass is 10.1. The molecule has 0 radical (unpaired) electrons. The van der Waals surface area contributed by atoms with E-state index in [0.29, 0.717) is 0 Å². The van der Waals surface area contributed by atoms with E-state index >= 15 is 0 Å². The van der Waals surface area contributed by atoms with Gasteiger partial charge in [0.25, 0.3) is 0 Å². The third-order valence-electron chi connectivity index (χ3n) is 3.91. The minimum atomic E-state index is -0.221. The Kier molecular flexibility index (Phi) is 4.01. The van der Waals surface area contributed by atoms with Crippen LogP contribution in [0.1, 0.15) is 30.3 Å². The molecule has 1 amide bonds. The van der Waals surface area contributed by atoms with Gasteiger partial charge in [-0.25, -0.2) is 4.98 Å². The van der Waals surface area contributed by atoms with Crippen LogP contribution < -0.4 is 10.6 Å². The highest BCUT2D eigenvalue weighted by Crippen LogP contribution is 2.20. The van der Waals surface area contributed by atoms with Crippen molar-refractivity contribution in [3.05, 3.63) is 54.1 Å². The standard InChI is InChI=1S/C16H20N4O/c1-20-11-10-18-15(20)14(12-6-3-2-4-7-12)19-16(21)13-8-5-9-17-13/h2-4,6-7,10-11,13-14,17H,5,8-9H2,1H3,(H,19,21). The first-order chi connectivity index (χ1) is 10.3. The van der Waals surface area contributed by atoms with Gasteiger partial charge in [-0.15, -0.1) is 0 Å². The number of nitrogens with zero attached hydrogens (tertiary/aromatic N) is 2. The van der Waals surface area contributed by atoms with Gasteiger partial charge in [-0.05, 0) is 24.9 Å². The zero-order valence-electron chi connectivity index (χ0n) is 12.1. The van der Waals surface area contributed by atoms with Crippen LogP contribution in [-0.4, -0.2) is 28.0 Å². The highest BCUT2D eigenvalue weighted by atomic mass is 16.2. The maximum atomic E-state index is 12.4. The van der Waals surface area contributed by atoms with Gasteiger partial charge in [-0.2, -0.15) is 0 Å². The monoisotopic (exact) mass is 284 g/mol. The van der Waals surface area contributed by atoms with E-state index in [0.717, 1.165) is 30.8 Å². The number of carbonyl (C=O) groups is 1. The molecule has 110 valence electrons. The van der Waals surface area contributed by atoms with Crippen LogP contribution in [0.5, 0.6) is 0 Å². The number of benzene rings is 1. The highest BCUT2D eigenvalue weighted by molar-refractivity contribution is 5.82. The van der Waals surface area contributed by atoms with Crippen molar-refractivity contribution in [1.82, 2.24) is 20.2 Å². The first kappa shape index (κ1) is 13.8. The molecule has 1 aromatic heterocycles. The second-order valence-corrected chi connectivity index (χ2v) is 5.40. The molecule has 3 rings (SSSR count). The van der Waals surface area contributed by atoms with Gasteiger partial charge in [0.2, 0.25) is 5.91 Å². The Hall–Kier alpha value is -2.14. The van der Waals surface area contributed by atoms with Crippen LogP contribution in [0.3, 0.4) is 0 Å². The molecular weight excluding hydrogens is 264 g/mol. The predicted molar refractivity (Wildman–Crippen MR) is 80.7 cm³/mol. The van der Waals surface area contributed by atoms with Crippen LogP contribution in [0.25, 0.3) is 0 Å². The lowest BCUT2D eigenvalue weighted by Gasteiger charge is -2.21. The predicted octanol–water partition coefficient (Wildman–Crippen LogP) is 1.38. The molecule has 21 heavy (non-hydrogen) atoms. The van der Waals surface area contributed by atoms with E-state index in [1.54, 1.807) is 6.20 Å². The van der Waals surface area contributed by atoms with Crippen molar-refractivity contribution in [3.8, 4) is 0 Å². The molecule has 5 heteroatoms. The number of amides is 1. The zero-order chi connectivity index (χ0) is 14.7. The van der Waals surface area contributed by atoms with E-state index < -0.39 is 0 Å². The van der Waals surface area contributed by atoms with Crippen LogP contribution in [0.15, 0.2) is 42.7 Å². The zero-order valence-corrected chi connectivity index (χ0v) is 12.1. The molecular formula is C16H20N4O. The van der Waals surface area contributed by atoms with Gasteiger partial charge in [0.15, 0.2) is 0 Å². The summed E-state index contributed by atoms with van der Waals surface area (Å²) in [5, 5.41) is 6.37. The lowest BCUT2D eigenvalue weighted by molar-refractivity contribution is -0.123. The fourth-order valence-corrected chi connectivity index (χ4v) is 2.75. The van der Waals surface area contributed by atoms with Crippen LogP contribution in [0, 0.1) is 0 Å². The van der Waals surface area contributed by atoms with Crippen molar-refractivity contribution in [2.45, 2.75) is 24.9 Å². The SMILES string of the molecule is Cn1ccnc1C(NC(=O)C1CCCN1)c1ccccc1. The summed E-state index contributed by atoms with van der Waals surface area (Å²) in [6, 6.07) is 9.65. The van der Waals surface area contributed by atoms with E-state index in [4.69, 9.17) is 0 Å². The second-order valence-electron chi connectivity index (χ2n) is 5.40. The van der Waals surface area contributed by atoms with Gasteiger partial charge >= 0.3 is 0 Å². The van der Waals surface area contributed by atoms with Gasteiger partial charge in [0.05, 0.1) is 6.04 Å². The lowest BCUT2D eigenvalue weighted by Crippen LogP contribution is -2.42. The van der Waals surface area contributed by atoms with Gasteiger partial charge in [-0.1, -0.05) is 30.3 Å². The Morgan fingerprint density at radius 3 is 2.86 bits per heavy atom. The quantitative estimate of drug-likeness (QED) is 0.891. The highest BCUT2D eigenvalue weighted by Gasteiger charge is 2.27. The van der Waals surface area contributed by atoms with Crippen molar-refractivity contribution >= 4 is 5.91 Å². The van der Waals surface area contributed by atoms with Crippen molar-refractivity contribution in [2.75, 3.05) is 6.54 Å². The van der Waals surface area contributed by atoms with E-state index in [-0.39, 0.29) is 18.0 Å². The smallest absolute Gasteiger partial charge is 0.237 e. The number of aromatic nitrogens is 2. The summed E-state index contributed by atoms with van der Waals surface area (Å²) in [6.07, 6.45) is 5.60. The Balaban J connectivity index is 1.86. The molecule has 1 aliphatic rings. The van der Waals surface area contributed by atoms with Gasteiger partial charge in [-0.3, -0.25) is 4.79 Å². The molecule has 2 N–H and O–H groups in total. The van der Waals surface area contributed by atoms with E-state index in [9.17, 15) is 4.79 Å². The van der Waals surface area contributed by atoms with E-state index in [1.165, 1.54) is 0 Å². The fourth-order valence-electron chi connectivity index (χ4n) is 2.75. The summed E-state index contributed by atoms with van der Waals surface area (Å²) < 4.78 is 1.94. The maximum absolute atomic E-state index is 12.4. The van der Waals surface area contributed by atoms with Crippen molar-refractivity contribution in [1.29, 1.82) is 0 Å². The molecule has 5 nitrogen and oxygen atoms in total. The molecule has 1 aliphatic heterocycles. The Bertz CT molecular complexity index is 602. The third-order valence-corrected chi connectivity index (χ3v) is 3.91. The van der Waals surface area contributed by atoms with Gasteiger partial charge in [0, 0.05) is 19.4 Å². The maximum Gasteiger partial charge on any atom is 0.237 e. The minimum absolute atomic E-state index is 0.0457. The topological polar surface area (TPSA) is 59.0 Å².